The minimum Gasteiger partial charge on any atom is -0.495 e. The first-order valence-electron chi connectivity index (χ1n) is 8.04. The molecule has 1 aliphatic heterocycles. The summed E-state index contributed by atoms with van der Waals surface area (Å²) in [7, 11) is 8.17. The summed E-state index contributed by atoms with van der Waals surface area (Å²) in [5.74, 6) is 0.766. The van der Waals surface area contributed by atoms with Crippen molar-refractivity contribution in [1.29, 1.82) is 0 Å². The normalized spacial score (nSPS) is 14.6. The van der Waals surface area contributed by atoms with E-state index in [2.05, 4.69) is 41.9 Å². The van der Waals surface area contributed by atoms with Crippen molar-refractivity contribution in [1.82, 2.24) is 9.80 Å². The van der Waals surface area contributed by atoms with Crippen molar-refractivity contribution < 1.29 is 4.74 Å². The van der Waals surface area contributed by atoms with Crippen LogP contribution in [0.25, 0.3) is 0 Å². The van der Waals surface area contributed by atoms with Gasteiger partial charge < -0.3 is 25.2 Å². The molecule has 8 heteroatoms. The van der Waals surface area contributed by atoms with Crippen molar-refractivity contribution in [2.24, 2.45) is 0 Å². The van der Waals surface area contributed by atoms with Gasteiger partial charge in [-0.25, -0.2) is 0 Å². The van der Waals surface area contributed by atoms with Crippen LogP contribution in [-0.2, 0) is 0 Å². The van der Waals surface area contributed by atoms with E-state index < -0.39 is 0 Å². The average Bonchev–Trinajstić information content (AvgIpc) is 2.53. The highest BCUT2D eigenvalue weighted by Gasteiger charge is 2.22. The Bertz CT molecular complexity index is 483. The third kappa shape index (κ3) is 7.67. The first kappa shape index (κ1) is 26.6. The molecule has 1 aliphatic rings. The molecule has 0 spiro atoms. The molecule has 1 aromatic rings. The molecule has 1 heterocycles. The van der Waals surface area contributed by atoms with Gasteiger partial charge in [-0.05, 0) is 46.1 Å². The summed E-state index contributed by atoms with van der Waals surface area (Å²) in [5, 5.41) is 0. The molecule has 2 N–H and O–H groups in total. The Morgan fingerprint density at radius 3 is 2.20 bits per heavy atom. The Hall–Kier alpha value is -0.590. The van der Waals surface area contributed by atoms with Gasteiger partial charge in [0.25, 0.3) is 0 Å². The van der Waals surface area contributed by atoms with Crippen molar-refractivity contribution in [3.8, 4) is 5.75 Å². The lowest BCUT2D eigenvalue weighted by atomic mass is 10.0. The molecular formula is C17H33Cl3N4O. The van der Waals surface area contributed by atoms with Gasteiger partial charge in [-0.3, -0.25) is 0 Å². The second-order valence-corrected chi connectivity index (χ2v) is 6.43. The Morgan fingerprint density at radius 1 is 1.08 bits per heavy atom. The lowest BCUT2D eigenvalue weighted by Crippen LogP contribution is -2.45. The van der Waals surface area contributed by atoms with E-state index in [-0.39, 0.29) is 37.2 Å². The number of nitrogens with zero attached hydrogens (tertiary/aromatic N) is 3. The summed E-state index contributed by atoms with van der Waals surface area (Å²) in [5.41, 5.74) is 7.80. The molecule has 1 aromatic carbocycles. The van der Waals surface area contributed by atoms with Gasteiger partial charge in [0.1, 0.15) is 5.75 Å². The molecule has 0 atom stereocenters. The number of anilines is 2. The zero-order valence-electron chi connectivity index (χ0n) is 15.6. The standard InChI is InChI=1S/C17H30N4O.3ClH/c1-19(2)11-12-20(3)14-7-9-21(10-8-14)15-5-6-16(18)17(13-15)22-4;;;/h5-6,13-14H,7-12,18H2,1-4H3;3*1H. The molecule has 0 amide bonds. The number of nitrogens with two attached hydrogens (primary N) is 1. The van der Waals surface area contributed by atoms with Gasteiger partial charge in [0, 0.05) is 44.0 Å². The Kier molecular flexibility index (Phi) is 13.5. The van der Waals surface area contributed by atoms with Gasteiger partial charge in [-0.2, -0.15) is 0 Å². The third-order valence-corrected chi connectivity index (χ3v) is 4.57. The summed E-state index contributed by atoms with van der Waals surface area (Å²) in [4.78, 5) is 7.17. The van der Waals surface area contributed by atoms with E-state index in [4.69, 9.17) is 10.5 Å². The first-order valence-corrected chi connectivity index (χ1v) is 8.04. The van der Waals surface area contributed by atoms with E-state index >= 15 is 0 Å². The van der Waals surface area contributed by atoms with E-state index in [0.29, 0.717) is 11.7 Å². The van der Waals surface area contributed by atoms with Crippen LogP contribution in [0.15, 0.2) is 18.2 Å². The summed E-state index contributed by atoms with van der Waals surface area (Å²) in [6.07, 6.45) is 2.41. The second kappa shape index (κ2) is 12.7. The quantitative estimate of drug-likeness (QED) is 0.724. The lowest BCUT2D eigenvalue weighted by Gasteiger charge is -2.38. The van der Waals surface area contributed by atoms with Gasteiger partial charge in [0.15, 0.2) is 0 Å². The molecule has 0 saturated carbocycles. The zero-order chi connectivity index (χ0) is 16.1. The number of benzene rings is 1. The molecule has 0 unspecified atom stereocenters. The fraction of sp³-hybridized carbons (Fsp3) is 0.647. The van der Waals surface area contributed by atoms with E-state index in [1.54, 1.807) is 7.11 Å². The van der Waals surface area contributed by atoms with Crippen LogP contribution in [0.3, 0.4) is 0 Å². The van der Waals surface area contributed by atoms with Crippen molar-refractivity contribution >= 4 is 48.6 Å². The predicted octanol–water partition coefficient (Wildman–Crippen LogP) is 3.01. The largest absolute Gasteiger partial charge is 0.495 e. The smallest absolute Gasteiger partial charge is 0.143 e. The minimum atomic E-state index is 0. The number of hydrogen-bond donors (Lipinski definition) is 1. The molecule has 1 fully saturated rings. The highest BCUT2D eigenvalue weighted by Crippen LogP contribution is 2.29. The van der Waals surface area contributed by atoms with Crippen LogP contribution in [0.2, 0.25) is 0 Å². The average molecular weight is 416 g/mol. The molecule has 0 aliphatic carbocycles. The maximum atomic E-state index is 5.89. The van der Waals surface area contributed by atoms with E-state index in [0.717, 1.165) is 31.9 Å². The maximum Gasteiger partial charge on any atom is 0.143 e. The fourth-order valence-corrected chi connectivity index (χ4v) is 3.00. The minimum absolute atomic E-state index is 0. The number of halogens is 3. The maximum absolute atomic E-state index is 5.89. The molecule has 2 rings (SSSR count). The van der Waals surface area contributed by atoms with Crippen molar-refractivity contribution in [2.75, 3.05) is 65.1 Å². The van der Waals surface area contributed by atoms with Gasteiger partial charge in [0.05, 0.1) is 12.8 Å². The monoisotopic (exact) mass is 414 g/mol. The second-order valence-electron chi connectivity index (χ2n) is 6.43. The van der Waals surface area contributed by atoms with Gasteiger partial charge >= 0.3 is 0 Å². The van der Waals surface area contributed by atoms with Crippen LogP contribution < -0.4 is 15.4 Å². The molecule has 25 heavy (non-hydrogen) atoms. The molecule has 0 aromatic heterocycles. The number of hydrogen-bond acceptors (Lipinski definition) is 5. The number of likely N-dealkylation sites (N-methyl/N-ethyl adjacent to an activating group) is 2. The SMILES string of the molecule is COc1cc(N2CCC(N(C)CCN(C)C)CC2)ccc1N.Cl.Cl.Cl. The van der Waals surface area contributed by atoms with Crippen LogP contribution in [0, 0.1) is 0 Å². The molecule has 1 saturated heterocycles. The van der Waals surface area contributed by atoms with Crippen molar-refractivity contribution in [2.45, 2.75) is 18.9 Å². The molecule has 5 nitrogen and oxygen atoms in total. The third-order valence-electron chi connectivity index (χ3n) is 4.57. The van der Waals surface area contributed by atoms with Crippen LogP contribution in [0.4, 0.5) is 11.4 Å². The van der Waals surface area contributed by atoms with Crippen LogP contribution >= 0.6 is 37.2 Å². The number of piperidine rings is 1. The topological polar surface area (TPSA) is 45.0 Å². The highest BCUT2D eigenvalue weighted by molar-refractivity contribution is 5.86. The summed E-state index contributed by atoms with van der Waals surface area (Å²) < 4.78 is 5.33. The Labute approximate surface area is 171 Å². The van der Waals surface area contributed by atoms with E-state index in [1.165, 1.54) is 18.5 Å². The van der Waals surface area contributed by atoms with Crippen molar-refractivity contribution in [3.05, 3.63) is 18.2 Å². The van der Waals surface area contributed by atoms with Crippen LogP contribution in [0.5, 0.6) is 5.75 Å². The molecular weight excluding hydrogens is 383 g/mol. The first-order chi connectivity index (χ1) is 10.5. The highest BCUT2D eigenvalue weighted by atomic mass is 35.5. The van der Waals surface area contributed by atoms with Gasteiger partial charge in [-0.1, -0.05) is 0 Å². The lowest BCUT2D eigenvalue weighted by molar-refractivity contribution is 0.190. The molecule has 0 radical (unpaired) electrons. The predicted molar refractivity (Wildman–Crippen MR) is 116 cm³/mol. The van der Waals surface area contributed by atoms with E-state index in [1.807, 2.05) is 12.1 Å². The fourth-order valence-electron chi connectivity index (χ4n) is 3.00. The van der Waals surface area contributed by atoms with Crippen LogP contribution in [0.1, 0.15) is 12.8 Å². The zero-order valence-corrected chi connectivity index (χ0v) is 18.1. The molecule has 148 valence electrons. The summed E-state index contributed by atoms with van der Waals surface area (Å²) in [6, 6.07) is 6.76. The summed E-state index contributed by atoms with van der Waals surface area (Å²) in [6.45, 7) is 4.42. The number of ether oxygens (including phenoxy) is 1. The molecule has 0 bridgehead atoms. The number of nitrogen functional groups attached to an aromatic ring is 1. The van der Waals surface area contributed by atoms with E-state index in [9.17, 15) is 0 Å². The van der Waals surface area contributed by atoms with Crippen LogP contribution in [-0.4, -0.2) is 70.3 Å². The number of rotatable bonds is 6. The Morgan fingerprint density at radius 2 is 1.68 bits per heavy atom. The van der Waals surface area contributed by atoms with Crippen molar-refractivity contribution in [3.63, 3.8) is 0 Å². The van der Waals surface area contributed by atoms with Gasteiger partial charge in [0.2, 0.25) is 0 Å². The summed E-state index contributed by atoms with van der Waals surface area (Å²) >= 11 is 0. The Balaban J connectivity index is 0. The van der Waals surface area contributed by atoms with Gasteiger partial charge in [-0.15, -0.1) is 37.2 Å². The number of methoxy groups -OCH3 is 1.